The Bertz CT molecular complexity index is 326. The maximum Gasteiger partial charge on any atom is 0.336 e. The van der Waals surface area contributed by atoms with Crippen LogP contribution in [0.3, 0.4) is 0 Å². The van der Waals surface area contributed by atoms with Gasteiger partial charge in [0.25, 0.3) is 0 Å². The summed E-state index contributed by atoms with van der Waals surface area (Å²) in [6.45, 7) is 2.14. The zero-order valence-corrected chi connectivity index (χ0v) is 10.2. The average Bonchev–Trinajstić information content (AvgIpc) is 2.25. The van der Waals surface area contributed by atoms with Crippen molar-refractivity contribution in [2.24, 2.45) is 0 Å². The van der Waals surface area contributed by atoms with Crippen molar-refractivity contribution in [2.45, 2.75) is 18.2 Å². The summed E-state index contributed by atoms with van der Waals surface area (Å²) < 4.78 is 0. The van der Waals surface area contributed by atoms with Crippen LogP contribution in [0.15, 0.2) is 29.2 Å². The summed E-state index contributed by atoms with van der Waals surface area (Å²) in [4.78, 5) is 11.7. The van der Waals surface area contributed by atoms with E-state index in [0.29, 0.717) is 5.56 Å². The molecule has 1 aromatic carbocycles. The third-order valence-corrected chi connectivity index (χ3v) is 4.27. The highest BCUT2D eigenvalue weighted by Gasteiger charge is 2.08. The highest BCUT2D eigenvalue weighted by atomic mass is 32.2. The topological polar surface area (TPSA) is 37.3 Å². The first-order valence-electron chi connectivity index (χ1n) is 4.78. The minimum Gasteiger partial charge on any atom is -0.478 e. The molecule has 2 nitrogen and oxygen atoms in total. The summed E-state index contributed by atoms with van der Waals surface area (Å²) in [6.07, 6.45) is 1.16. The second-order valence-corrected chi connectivity index (χ2v) is 5.46. The fourth-order valence-electron chi connectivity index (χ4n) is 1.08. The fourth-order valence-corrected chi connectivity index (χ4v) is 3.16. The lowest BCUT2D eigenvalue weighted by Gasteiger charge is -2.04. The highest BCUT2D eigenvalue weighted by molar-refractivity contribution is 8.16. The van der Waals surface area contributed by atoms with Crippen LogP contribution in [-0.2, 0) is 0 Å². The molecule has 0 unspecified atom stereocenters. The van der Waals surface area contributed by atoms with Crippen molar-refractivity contribution in [1.82, 2.24) is 0 Å². The number of rotatable bonds is 6. The number of carboxylic acid groups (broad SMARTS) is 1. The van der Waals surface area contributed by atoms with Gasteiger partial charge in [0, 0.05) is 9.98 Å². The second kappa shape index (κ2) is 6.80. The van der Waals surface area contributed by atoms with Crippen LogP contribution in [0.4, 0.5) is 0 Å². The molecule has 0 aliphatic heterocycles. The van der Waals surface area contributed by atoms with Crippen molar-refractivity contribution >= 4 is 29.5 Å². The van der Waals surface area contributed by atoms with E-state index in [2.05, 4.69) is 6.92 Å². The molecule has 15 heavy (non-hydrogen) atoms. The van der Waals surface area contributed by atoms with E-state index in [0.717, 1.165) is 22.2 Å². The average molecular weight is 242 g/mol. The van der Waals surface area contributed by atoms with E-state index in [1.54, 1.807) is 23.9 Å². The zero-order valence-electron chi connectivity index (χ0n) is 8.60. The van der Waals surface area contributed by atoms with Crippen molar-refractivity contribution < 1.29 is 9.90 Å². The predicted octanol–water partition coefficient (Wildman–Crippen LogP) is 3.58. The third kappa shape index (κ3) is 4.18. The molecule has 0 saturated heterocycles. The molecule has 0 aliphatic carbocycles. The Balaban J connectivity index is 2.56. The van der Waals surface area contributed by atoms with Crippen LogP contribution in [0.1, 0.15) is 23.7 Å². The van der Waals surface area contributed by atoms with Gasteiger partial charge in [-0.15, -0.1) is 11.8 Å². The first kappa shape index (κ1) is 12.5. The van der Waals surface area contributed by atoms with E-state index in [4.69, 9.17) is 5.11 Å². The van der Waals surface area contributed by atoms with Crippen molar-refractivity contribution in [3.8, 4) is 0 Å². The molecule has 1 rings (SSSR count). The molecule has 0 bridgehead atoms. The summed E-state index contributed by atoms with van der Waals surface area (Å²) in [5, 5.41) is 9.86. The van der Waals surface area contributed by atoms with Crippen LogP contribution >= 0.6 is 23.5 Å². The largest absolute Gasteiger partial charge is 0.478 e. The SMILES string of the molecule is CCCSCSc1ccccc1C(=O)O. The van der Waals surface area contributed by atoms with Gasteiger partial charge >= 0.3 is 5.97 Å². The number of thioether (sulfide) groups is 2. The molecule has 0 amide bonds. The van der Waals surface area contributed by atoms with Gasteiger partial charge in [-0.05, 0) is 24.3 Å². The molecule has 0 aromatic heterocycles. The van der Waals surface area contributed by atoms with Gasteiger partial charge in [-0.3, -0.25) is 0 Å². The number of benzene rings is 1. The molecule has 1 aromatic rings. The van der Waals surface area contributed by atoms with Crippen LogP contribution in [-0.4, -0.2) is 21.9 Å². The number of hydrogen-bond acceptors (Lipinski definition) is 3. The summed E-state index contributed by atoms with van der Waals surface area (Å²) >= 11 is 3.44. The van der Waals surface area contributed by atoms with E-state index in [9.17, 15) is 4.79 Å². The van der Waals surface area contributed by atoms with Crippen LogP contribution in [0, 0.1) is 0 Å². The zero-order chi connectivity index (χ0) is 11.1. The van der Waals surface area contributed by atoms with Crippen LogP contribution in [0.5, 0.6) is 0 Å². The van der Waals surface area contributed by atoms with Crippen molar-refractivity contribution in [1.29, 1.82) is 0 Å². The Morgan fingerprint density at radius 3 is 2.80 bits per heavy atom. The second-order valence-electron chi connectivity index (χ2n) is 2.97. The Labute approximate surface area is 98.5 Å². The van der Waals surface area contributed by atoms with E-state index in [1.165, 1.54) is 0 Å². The predicted molar refractivity (Wildman–Crippen MR) is 66.9 cm³/mol. The highest BCUT2D eigenvalue weighted by Crippen LogP contribution is 2.26. The van der Waals surface area contributed by atoms with E-state index in [1.807, 2.05) is 23.9 Å². The van der Waals surface area contributed by atoms with Gasteiger partial charge in [0.05, 0.1) is 5.56 Å². The number of hydrogen-bond donors (Lipinski definition) is 1. The summed E-state index contributed by atoms with van der Waals surface area (Å²) in [5.41, 5.74) is 0.402. The van der Waals surface area contributed by atoms with Crippen molar-refractivity contribution in [3.05, 3.63) is 29.8 Å². The van der Waals surface area contributed by atoms with Gasteiger partial charge in [0.15, 0.2) is 0 Å². The number of carbonyl (C=O) groups is 1. The van der Waals surface area contributed by atoms with Crippen LogP contribution in [0.25, 0.3) is 0 Å². The molecule has 4 heteroatoms. The molecule has 0 fully saturated rings. The van der Waals surface area contributed by atoms with E-state index >= 15 is 0 Å². The van der Waals surface area contributed by atoms with Gasteiger partial charge in [-0.2, -0.15) is 11.8 Å². The van der Waals surface area contributed by atoms with Gasteiger partial charge in [0.2, 0.25) is 0 Å². The van der Waals surface area contributed by atoms with Crippen molar-refractivity contribution in [3.63, 3.8) is 0 Å². The molecule has 0 spiro atoms. The standard InChI is InChI=1S/C11H14O2S2/c1-2-7-14-8-15-10-6-4-3-5-9(10)11(12)13/h3-6H,2,7-8H2,1H3,(H,12,13). The minimum atomic E-state index is -0.849. The Hall–Kier alpha value is -0.610. The van der Waals surface area contributed by atoms with E-state index in [-0.39, 0.29) is 0 Å². The number of aromatic carboxylic acids is 1. The van der Waals surface area contributed by atoms with Crippen LogP contribution in [0.2, 0.25) is 0 Å². The van der Waals surface area contributed by atoms with Gasteiger partial charge in [-0.1, -0.05) is 19.1 Å². The normalized spacial score (nSPS) is 10.2. The molecule has 82 valence electrons. The first-order chi connectivity index (χ1) is 7.25. The third-order valence-electron chi connectivity index (χ3n) is 1.76. The Kier molecular flexibility index (Phi) is 5.65. The van der Waals surface area contributed by atoms with Crippen LogP contribution < -0.4 is 0 Å². The lowest BCUT2D eigenvalue weighted by molar-refractivity contribution is 0.0693. The Morgan fingerprint density at radius 1 is 1.40 bits per heavy atom. The molecule has 0 saturated carbocycles. The van der Waals surface area contributed by atoms with Gasteiger partial charge < -0.3 is 5.11 Å². The monoisotopic (exact) mass is 242 g/mol. The molecule has 0 atom stereocenters. The quantitative estimate of drug-likeness (QED) is 0.470. The molecule has 0 heterocycles. The summed E-state index contributed by atoms with van der Waals surface area (Å²) in [5.74, 6) is 0.279. The van der Waals surface area contributed by atoms with E-state index < -0.39 is 5.97 Å². The number of carboxylic acids is 1. The maximum absolute atomic E-state index is 10.9. The lowest BCUT2D eigenvalue weighted by atomic mass is 10.2. The maximum atomic E-state index is 10.9. The van der Waals surface area contributed by atoms with Crippen molar-refractivity contribution in [2.75, 3.05) is 10.8 Å². The van der Waals surface area contributed by atoms with Gasteiger partial charge in [0.1, 0.15) is 0 Å². The minimum absolute atomic E-state index is 0.402. The molecular formula is C11H14O2S2. The lowest BCUT2D eigenvalue weighted by Crippen LogP contribution is -1.98. The molecule has 1 N–H and O–H groups in total. The summed E-state index contributed by atoms with van der Waals surface area (Å²) in [6, 6.07) is 7.14. The first-order valence-corrected chi connectivity index (χ1v) is 6.92. The molecule has 0 aliphatic rings. The summed E-state index contributed by atoms with van der Waals surface area (Å²) in [7, 11) is 0. The smallest absolute Gasteiger partial charge is 0.336 e. The molecule has 0 radical (unpaired) electrons. The van der Waals surface area contributed by atoms with Gasteiger partial charge in [-0.25, -0.2) is 4.79 Å². The molecular weight excluding hydrogens is 228 g/mol. The fraction of sp³-hybridized carbons (Fsp3) is 0.364. The Morgan fingerprint density at radius 2 is 2.13 bits per heavy atom.